The Morgan fingerprint density at radius 3 is 2.73 bits per heavy atom. The number of amides is 1. The Morgan fingerprint density at radius 2 is 1.91 bits per heavy atom. The Kier molecular flexibility index (Phi) is 3.74. The smallest absolute Gasteiger partial charge is 0.349 e. The van der Waals surface area contributed by atoms with Crippen LogP contribution in [0, 0.1) is 6.92 Å². The normalized spacial score (nSPS) is 10.6. The van der Waals surface area contributed by atoms with Crippen LogP contribution in [-0.4, -0.2) is 5.91 Å². The van der Waals surface area contributed by atoms with E-state index < -0.39 is 11.5 Å². The van der Waals surface area contributed by atoms with Crippen molar-refractivity contribution in [2.24, 2.45) is 0 Å². The van der Waals surface area contributed by atoms with Crippen molar-refractivity contribution in [2.45, 2.75) is 13.5 Å². The molecule has 1 N–H and O–H groups in total. The van der Waals surface area contributed by atoms with Crippen LogP contribution in [0.15, 0.2) is 63.8 Å². The lowest BCUT2D eigenvalue weighted by Gasteiger charge is -2.06. The number of benzene rings is 2. The highest BCUT2D eigenvalue weighted by Gasteiger charge is 2.13. The summed E-state index contributed by atoms with van der Waals surface area (Å²) in [5.41, 5.74) is 1.98. The molecule has 1 aromatic heterocycles. The van der Waals surface area contributed by atoms with E-state index in [1.807, 2.05) is 37.3 Å². The van der Waals surface area contributed by atoms with Crippen molar-refractivity contribution in [3.8, 4) is 0 Å². The van der Waals surface area contributed by atoms with Gasteiger partial charge in [0.25, 0.3) is 5.91 Å². The first-order valence-corrected chi connectivity index (χ1v) is 7.00. The molecule has 4 heteroatoms. The molecule has 0 saturated carbocycles. The minimum Gasteiger partial charge on any atom is -0.422 e. The fourth-order valence-corrected chi connectivity index (χ4v) is 2.32. The Hall–Kier alpha value is -2.88. The maximum absolute atomic E-state index is 12.2. The summed E-state index contributed by atoms with van der Waals surface area (Å²) >= 11 is 0. The van der Waals surface area contributed by atoms with Crippen molar-refractivity contribution >= 4 is 16.9 Å². The minimum atomic E-state index is -0.625. The van der Waals surface area contributed by atoms with Crippen molar-refractivity contribution in [3.63, 3.8) is 0 Å². The van der Waals surface area contributed by atoms with Crippen molar-refractivity contribution in [2.75, 3.05) is 0 Å². The molecule has 0 saturated heterocycles. The first kappa shape index (κ1) is 14.1. The van der Waals surface area contributed by atoms with Crippen LogP contribution in [0.2, 0.25) is 0 Å². The molecule has 0 unspecified atom stereocenters. The quantitative estimate of drug-likeness (QED) is 0.755. The molecule has 0 fully saturated rings. The predicted molar refractivity (Wildman–Crippen MR) is 84.8 cm³/mol. The summed E-state index contributed by atoms with van der Waals surface area (Å²) in [5.74, 6) is -0.430. The monoisotopic (exact) mass is 293 g/mol. The zero-order valence-electron chi connectivity index (χ0n) is 12.1. The highest BCUT2D eigenvalue weighted by atomic mass is 16.4. The Morgan fingerprint density at radius 1 is 1.09 bits per heavy atom. The molecular formula is C18H15NO3. The third-order valence-electron chi connectivity index (χ3n) is 3.42. The van der Waals surface area contributed by atoms with Gasteiger partial charge in [-0.05, 0) is 24.6 Å². The summed E-state index contributed by atoms with van der Waals surface area (Å²) in [4.78, 5) is 24.1. The summed E-state index contributed by atoms with van der Waals surface area (Å²) < 4.78 is 5.17. The number of hydrogen-bond donors (Lipinski definition) is 1. The molecule has 0 bridgehead atoms. The second kappa shape index (κ2) is 5.85. The van der Waals surface area contributed by atoms with Gasteiger partial charge in [0.15, 0.2) is 0 Å². The average molecular weight is 293 g/mol. The maximum atomic E-state index is 12.2. The van der Waals surface area contributed by atoms with Gasteiger partial charge in [-0.2, -0.15) is 0 Å². The molecule has 0 aliphatic carbocycles. The molecular weight excluding hydrogens is 278 g/mol. The second-order valence-corrected chi connectivity index (χ2v) is 5.16. The van der Waals surface area contributed by atoms with Gasteiger partial charge in [-0.25, -0.2) is 4.79 Å². The Labute approximate surface area is 127 Å². The van der Waals surface area contributed by atoms with E-state index in [0.717, 1.165) is 16.5 Å². The summed E-state index contributed by atoms with van der Waals surface area (Å²) in [6.07, 6.45) is 0. The number of carbonyl (C=O) groups excluding carboxylic acids is 1. The maximum Gasteiger partial charge on any atom is 0.349 e. The van der Waals surface area contributed by atoms with E-state index in [-0.39, 0.29) is 5.56 Å². The fourth-order valence-electron chi connectivity index (χ4n) is 2.32. The number of hydrogen-bond acceptors (Lipinski definition) is 3. The molecule has 4 nitrogen and oxygen atoms in total. The average Bonchev–Trinajstić information content (AvgIpc) is 2.52. The highest BCUT2D eigenvalue weighted by molar-refractivity contribution is 5.96. The van der Waals surface area contributed by atoms with Crippen LogP contribution in [0.1, 0.15) is 21.5 Å². The van der Waals surface area contributed by atoms with Gasteiger partial charge in [-0.3, -0.25) is 4.79 Å². The summed E-state index contributed by atoms with van der Waals surface area (Å²) in [6.45, 7) is 2.36. The van der Waals surface area contributed by atoms with Crippen LogP contribution >= 0.6 is 0 Å². The van der Waals surface area contributed by atoms with Gasteiger partial charge in [0.05, 0.1) is 0 Å². The number of para-hydroxylation sites is 1. The van der Waals surface area contributed by atoms with Crippen LogP contribution < -0.4 is 10.9 Å². The standard InChI is InChI=1S/C18H15NO3/c1-12-5-4-6-13(9-12)11-19-17(20)15-10-14-7-2-3-8-16(14)22-18(15)21/h2-10H,11H2,1H3,(H,19,20). The Balaban J connectivity index is 1.83. The molecule has 0 spiro atoms. The van der Waals surface area contributed by atoms with E-state index in [2.05, 4.69) is 5.32 Å². The van der Waals surface area contributed by atoms with Gasteiger partial charge in [0.2, 0.25) is 0 Å². The summed E-state index contributed by atoms with van der Waals surface area (Å²) in [5, 5.41) is 3.47. The van der Waals surface area contributed by atoms with E-state index in [9.17, 15) is 9.59 Å². The number of fused-ring (bicyclic) bond motifs is 1. The lowest BCUT2D eigenvalue weighted by atomic mass is 10.1. The number of nitrogens with one attached hydrogen (secondary N) is 1. The topological polar surface area (TPSA) is 59.3 Å². The molecule has 22 heavy (non-hydrogen) atoms. The molecule has 2 aromatic carbocycles. The minimum absolute atomic E-state index is 0.0198. The van der Waals surface area contributed by atoms with E-state index >= 15 is 0 Å². The lowest BCUT2D eigenvalue weighted by molar-refractivity contribution is 0.0947. The molecule has 3 aromatic rings. The van der Waals surface area contributed by atoms with Crippen LogP contribution in [0.25, 0.3) is 11.0 Å². The number of carbonyl (C=O) groups is 1. The van der Waals surface area contributed by atoms with Crippen molar-refractivity contribution in [1.82, 2.24) is 5.32 Å². The van der Waals surface area contributed by atoms with Gasteiger partial charge in [0.1, 0.15) is 11.1 Å². The fraction of sp³-hybridized carbons (Fsp3) is 0.111. The second-order valence-electron chi connectivity index (χ2n) is 5.16. The van der Waals surface area contributed by atoms with Crippen LogP contribution in [0.4, 0.5) is 0 Å². The molecule has 110 valence electrons. The van der Waals surface area contributed by atoms with Gasteiger partial charge >= 0.3 is 5.63 Å². The van der Waals surface area contributed by atoms with Crippen molar-refractivity contribution in [1.29, 1.82) is 0 Å². The zero-order valence-corrected chi connectivity index (χ0v) is 12.1. The SMILES string of the molecule is Cc1cccc(CNC(=O)c2cc3ccccc3oc2=O)c1. The molecule has 0 aliphatic rings. The first-order chi connectivity index (χ1) is 10.6. The Bertz CT molecular complexity index is 896. The van der Waals surface area contributed by atoms with Crippen molar-refractivity contribution in [3.05, 3.63) is 81.7 Å². The lowest BCUT2D eigenvalue weighted by Crippen LogP contribution is -2.27. The third kappa shape index (κ3) is 2.91. The van der Waals surface area contributed by atoms with E-state index in [1.165, 1.54) is 0 Å². The molecule has 0 aliphatic heterocycles. The van der Waals surface area contributed by atoms with Gasteiger partial charge in [-0.15, -0.1) is 0 Å². The third-order valence-corrected chi connectivity index (χ3v) is 3.42. The van der Waals surface area contributed by atoms with Gasteiger partial charge < -0.3 is 9.73 Å². The zero-order chi connectivity index (χ0) is 15.5. The number of rotatable bonds is 3. The predicted octanol–water partition coefficient (Wildman–Crippen LogP) is 3.03. The molecule has 0 radical (unpaired) electrons. The van der Waals surface area contributed by atoms with Gasteiger partial charge in [0, 0.05) is 11.9 Å². The summed E-state index contributed by atoms with van der Waals surface area (Å²) in [6, 6.07) is 16.5. The van der Waals surface area contributed by atoms with E-state index in [1.54, 1.807) is 24.3 Å². The van der Waals surface area contributed by atoms with Crippen molar-refractivity contribution < 1.29 is 9.21 Å². The van der Waals surface area contributed by atoms with Gasteiger partial charge in [-0.1, -0.05) is 48.0 Å². The van der Waals surface area contributed by atoms with E-state index in [4.69, 9.17) is 4.42 Å². The van der Waals surface area contributed by atoms with Crippen LogP contribution in [-0.2, 0) is 6.54 Å². The molecule has 1 heterocycles. The first-order valence-electron chi connectivity index (χ1n) is 7.00. The molecule has 3 rings (SSSR count). The van der Waals surface area contributed by atoms with Crippen LogP contribution in [0.5, 0.6) is 0 Å². The summed E-state index contributed by atoms with van der Waals surface area (Å²) in [7, 11) is 0. The van der Waals surface area contributed by atoms with Crippen LogP contribution in [0.3, 0.4) is 0 Å². The van der Waals surface area contributed by atoms with E-state index in [0.29, 0.717) is 12.1 Å². The molecule has 1 amide bonds. The largest absolute Gasteiger partial charge is 0.422 e. The number of aryl methyl sites for hydroxylation is 1. The molecule has 0 atom stereocenters. The highest BCUT2D eigenvalue weighted by Crippen LogP contribution is 2.12.